The Morgan fingerprint density at radius 1 is 1.39 bits per heavy atom. The molecule has 0 bridgehead atoms. The largest absolute Gasteiger partial charge is 0.322 e. The number of hydrogen-bond donors (Lipinski definition) is 0. The molecule has 2 aliphatic rings. The van der Waals surface area contributed by atoms with Gasteiger partial charge in [0.15, 0.2) is 0 Å². The standard InChI is InChI=1S/C15H18N2S/c1-10-3-2-4-11(7-10)14-15-12(5-6-18-15)13-8-16-9-17(13)14/h5-6,8-11,14H,2-4,7H2,1H3/t10-,11-,14-/m0/s1. The van der Waals surface area contributed by atoms with Crippen LogP contribution in [-0.2, 0) is 0 Å². The third-order valence-corrected chi connectivity index (χ3v) is 5.62. The lowest BCUT2D eigenvalue weighted by Crippen LogP contribution is -2.22. The van der Waals surface area contributed by atoms with Crippen molar-refractivity contribution >= 4 is 11.3 Å². The van der Waals surface area contributed by atoms with Crippen LogP contribution >= 0.6 is 11.3 Å². The molecule has 3 heteroatoms. The third-order valence-electron chi connectivity index (χ3n) is 4.63. The van der Waals surface area contributed by atoms with Crippen LogP contribution in [0.4, 0.5) is 0 Å². The first-order valence-electron chi connectivity index (χ1n) is 6.94. The lowest BCUT2D eigenvalue weighted by atomic mass is 9.78. The van der Waals surface area contributed by atoms with Gasteiger partial charge in [0.2, 0.25) is 0 Å². The van der Waals surface area contributed by atoms with Crippen LogP contribution in [0.5, 0.6) is 0 Å². The lowest BCUT2D eigenvalue weighted by molar-refractivity contribution is 0.234. The third kappa shape index (κ3) is 1.43. The van der Waals surface area contributed by atoms with Crippen molar-refractivity contribution < 1.29 is 0 Å². The number of imidazole rings is 1. The second kappa shape index (κ2) is 3.95. The summed E-state index contributed by atoms with van der Waals surface area (Å²) in [5.41, 5.74) is 2.76. The summed E-state index contributed by atoms with van der Waals surface area (Å²) in [7, 11) is 0. The Morgan fingerprint density at radius 2 is 2.33 bits per heavy atom. The first-order chi connectivity index (χ1) is 8.84. The zero-order valence-corrected chi connectivity index (χ0v) is 11.5. The number of aromatic nitrogens is 2. The Morgan fingerprint density at radius 3 is 3.22 bits per heavy atom. The van der Waals surface area contributed by atoms with E-state index < -0.39 is 0 Å². The molecule has 3 heterocycles. The summed E-state index contributed by atoms with van der Waals surface area (Å²) in [6.45, 7) is 2.41. The van der Waals surface area contributed by atoms with Crippen molar-refractivity contribution in [2.75, 3.05) is 0 Å². The fourth-order valence-electron chi connectivity index (χ4n) is 3.83. The zero-order valence-electron chi connectivity index (χ0n) is 10.7. The van der Waals surface area contributed by atoms with Gasteiger partial charge in [-0.3, -0.25) is 0 Å². The Hall–Kier alpha value is -1.09. The van der Waals surface area contributed by atoms with Crippen molar-refractivity contribution in [2.24, 2.45) is 11.8 Å². The number of fused-ring (bicyclic) bond motifs is 3. The summed E-state index contributed by atoms with van der Waals surface area (Å²) < 4.78 is 2.42. The molecule has 18 heavy (non-hydrogen) atoms. The quantitative estimate of drug-likeness (QED) is 0.744. The SMILES string of the molecule is C[C@H]1CCC[C@H]([C@H]2c3sccc3-c3cncn32)C1. The van der Waals surface area contributed by atoms with Gasteiger partial charge in [-0.15, -0.1) is 11.3 Å². The van der Waals surface area contributed by atoms with Crippen LogP contribution < -0.4 is 0 Å². The van der Waals surface area contributed by atoms with Crippen LogP contribution in [0, 0.1) is 11.8 Å². The van der Waals surface area contributed by atoms with E-state index in [0.29, 0.717) is 6.04 Å². The summed E-state index contributed by atoms with van der Waals surface area (Å²) in [5, 5.41) is 2.24. The van der Waals surface area contributed by atoms with E-state index in [-0.39, 0.29) is 0 Å². The molecule has 0 amide bonds. The van der Waals surface area contributed by atoms with Crippen LogP contribution in [0.1, 0.15) is 43.5 Å². The molecule has 1 aliphatic carbocycles. The van der Waals surface area contributed by atoms with Gasteiger partial charge in [-0.2, -0.15) is 0 Å². The first-order valence-corrected chi connectivity index (χ1v) is 7.82. The van der Waals surface area contributed by atoms with E-state index in [1.807, 2.05) is 23.9 Å². The van der Waals surface area contributed by atoms with Crippen molar-refractivity contribution in [3.8, 4) is 11.3 Å². The molecule has 1 aliphatic heterocycles. The maximum absolute atomic E-state index is 4.35. The van der Waals surface area contributed by atoms with Gasteiger partial charge in [0.1, 0.15) is 0 Å². The van der Waals surface area contributed by atoms with Gasteiger partial charge in [0, 0.05) is 10.4 Å². The topological polar surface area (TPSA) is 17.8 Å². The number of hydrogen-bond acceptors (Lipinski definition) is 2. The Labute approximate surface area is 112 Å². The van der Waals surface area contributed by atoms with Crippen LogP contribution in [0.2, 0.25) is 0 Å². The molecule has 1 saturated carbocycles. The Kier molecular flexibility index (Phi) is 2.37. The maximum Gasteiger partial charge on any atom is 0.0957 e. The minimum absolute atomic E-state index is 0.570. The van der Waals surface area contributed by atoms with Crippen molar-refractivity contribution in [3.05, 3.63) is 28.8 Å². The van der Waals surface area contributed by atoms with E-state index in [1.165, 1.54) is 36.9 Å². The van der Waals surface area contributed by atoms with Crippen LogP contribution in [0.3, 0.4) is 0 Å². The Balaban J connectivity index is 1.77. The molecule has 0 radical (unpaired) electrons. The van der Waals surface area contributed by atoms with E-state index in [1.54, 1.807) is 4.88 Å². The molecule has 2 aromatic heterocycles. The fourth-order valence-corrected chi connectivity index (χ4v) is 4.93. The molecule has 0 unspecified atom stereocenters. The highest BCUT2D eigenvalue weighted by atomic mass is 32.1. The van der Waals surface area contributed by atoms with E-state index in [2.05, 4.69) is 27.9 Å². The van der Waals surface area contributed by atoms with Gasteiger partial charge in [0.05, 0.1) is 24.3 Å². The molecule has 0 saturated heterocycles. The first kappa shape index (κ1) is 10.8. The summed E-state index contributed by atoms with van der Waals surface area (Å²) in [5.74, 6) is 1.70. The van der Waals surface area contributed by atoms with Crippen LogP contribution in [0.25, 0.3) is 11.3 Å². The molecular weight excluding hydrogens is 240 g/mol. The fraction of sp³-hybridized carbons (Fsp3) is 0.533. The highest BCUT2D eigenvalue weighted by Gasteiger charge is 2.36. The van der Waals surface area contributed by atoms with Crippen LogP contribution in [0.15, 0.2) is 24.0 Å². The monoisotopic (exact) mass is 258 g/mol. The van der Waals surface area contributed by atoms with Crippen LogP contribution in [-0.4, -0.2) is 9.55 Å². The molecule has 0 aromatic carbocycles. The average Bonchev–Trinajstić information content (AvgIpc) is 2.99. The Bertz CT molecular complexity index is 528. The normalized spacial score (nSPS) is 30.2. The smallest absolute Gasteiger partial charge is 0.0957 e. The zero-order chi connectivity index (χ0) is 12.1. The predicted octanol–water partition coefficient (Wildman–Crippen LogP) is 4.34. The van der Waals surface area contributed by atoms with E-state index >= 15 is 0 Å². The summed E-state index contributed by atoms with van der Waals surface area (Å²) in [4.78, 5) is 5.93. The van der Waals surface area contributed by atoms with Gasteiger partial charge in [-0.25, -0.2) is 4.98 Å². The molecular formula is C15H18N2S. The van der Waals surface area contributed by atoms with Crippen molar-refractivity contribution in [1.29, 1.82) is 0 Å². The van der Waals surface area contributed by atoms with Gasteiger partial charge in [-0.1, -0.05) is 19.8 Å². The van der Waals surface area contributed by atoms with Crippen molar-refractivity contribution in [2.45, 2.75) is 38.6 Å². The van der Waals surface area contributed by atoms with Gasteiger partial charge in [-0.05, 0) is 36.1 Å². The van der Waals surface area contributed by atoms with Gasteiger partial charge >= 0.3 is 0 Å². The van der Waals surface area contributed by atoms with Gasteiger partial charge in [0.25, 0.3) is 0 Å². The summed E-state index contributed by atoms with van der Waals surface area (Å²) >= 11 is 1.93. The lowest BCUT2D eigenvalue weighted by Gasteiger charge is -2.32. The van der Waals surface area contributed by atoms with E-state index in [0.717, 1.165) is 11.8 Å². The minimum Gasteiger partial charge on any atom is -0.322 e. The highest BCUT2D eigenvalue weighted by molar-refractivity contribution is 7.10. The maximum atomic E-state index is 4.35. The molecule has 94 valence electrons. The average molecular weight is 258 g/mol. The van der Waals surface area contributed by atoms with Crippen molar-refractivity contribution in [1.82, 2.24) is 9.55 Å². The molecule has 0 spiro atoms. The summed E-state index contributed by atoms with van der Waals surface area (Å²) in [6, 6.07) is 2.83. The predicted molar refractivity (Wildman–Crippen MR) is 74.8 cm³/mol. The van der Waals surface area contributed by atoms with Crippen molar-refractivity contribution in [3.63, 3.8) is 0 Å². The molecule has 2 nitrogen and oxygen atoms in total. The number of rotatable bonds is 1. The second-order valence-corrected chi connectivity index (χ2v) is 6.81. The van der Waals surface area contributed by atoms with E-state index in [9.17, 15) is 0 Å². The number of thiophene rings is 1. The molecule has 1 fully saturated rings. The number of nitrogens with zero attached hydrogens (tertiary/aromatic N) is 2. The molecule has 2 aromatic rings. The molecule has 4 rings (SSSR count). The minimum atomic E-state index is 0.570. The highest BCUT2D eigenvalue weighted by Crippen LogP contribution is 2.49. The molecule has 0 N–H and O–H groups in total. The second-order valence-electron chi connectivity index (χ2n) is 5.86. The van der Waals surface area contributed by atoms with E-state index in [4.69, 9.17) is 0 Å². The summed E-state index contributed by atoms with van der Waals surface area (Å²) in [6.07, 6.45) is 9.62. The molecule has 3 atom stereocenters. The van der Waals surface area contributed by atoms with Gasteiger partial charge < -0.3 is 4.57 Å².